The summed E-state index contributed by atoms with van der Waals surface area (Å²) in [6, 6.07) is 14.0. The molecule has 2 aromatic rings. The largest absolute Gasteiger partial charge is 0.348 e. The number of anilines is 1. The molecule has 158 valence electrons. The molecule has 1 fully saturated rings. The molecule has 7 heteroatoms. The third-order valence-corrected chi connectivity index (χ3v) is 5.55. The zero-order valence-corrected chi connectivity index (χ0v) is 17.7. The molecule has 1 atom stereocenters. The van der Waals surface area contributed by atoms with Crippen LogP contribution in [0.25, 0.3) is 0 Å². The Bertz CT molecular complexity index is 914. The quantitative estimate of drug-likeness (QED) is 0.671. The van der Waals surface area contributed by atoms with Crippen LogP contribution in [-0.2, 0) is 16.1 Å². The minimum absolute atomic E-state index is 0.0362. The van der Waals surface area contributed by atoms with Gasteiger partial charge < -0.3 is 15.5 Å². The first kappa shape index (κ1) is 21.8. The van der Waals surface area contributed by atoms with Gasteiger partial charge in [0.25, 0.3) is 5.91 Å². The van der Waals surface area contributed by atoms with Crippen molar-refractivity contribution >= 4 is 35.0 Å². The molecule has 30 heavy (non-hydrogen) atoms. The van der Waals surface area contributed by atoms with Crippen molar-refractivity contribution in [1.82, 2.24) is 10.2 Å². The highest BCUT2D eigenvalue weighted by Crippen LogP contribution is 2.21. The summed E-state index contributed by atoms with van der Waals surface area (Å²) in [7, 11) is 0. The van der Waals surface area contributed by atoms with Crippen molar-refractivity contribution in [1.29, 1.82) is 0 Å². The van der Waals surface area contributed by atoms with Crippen molar-refractivity contribution < 1.29 is 14.4 Å². The molecule has 1 aliphatic rings. The van der Waals surface area contributed by atoms with E-state index in [1.54, 1.807) is 35.2 Å². The number of carbonyl (C=O) groups is 3. The fourth-order valence-corrected chi connectivity index (χ4v) is 3.58. The lowest BCUT2D eigenvalue weighted by Crippen LogP contribution is -2.29. The van der Waals surface area contributed by atoms with Gasteiger partial charge in [-0.05, 0) is 42.3 Å². The van der Waals surface area contributed by atoms with Gasteiger partial charge in [-0.3, -0.25) is 14.4 Å². The van der Waals surface area contributed by atoms with Gasteiger partial charge in [-0.25, -0.2) is 0 Å². The molecule has 0 bridgehead atoms. The number of unbranched alkanes of at least 4 members (excludes halogenated alkanes) is 1. The predicted molar refractivity (Wildman–Crippen MR) is 117 cm³/mol. The number of nitrogens with zero attached hydrogens (tertiary/aromatic N) is 1. The Balaban J connectivity index is 1.51. The Hall–Kier alpha value is -2.86. The van der Waals surface area contributed by atoms with E-state index in [0.29, 0.717) is 35.9 Å². The number of nitrogens with one attached hydrogen (secondary N) is 2. The van der Waals surface area contributed by atoms with Gasteiger partial charge in [0.05, 0.1) is 5.92 Å². The van der Waals surface area contributed by atoms with Crippen LogP contribution in [0.3, 0.4) is 0 Å². The summed E-state index contributed by atoms with van der Waals surface area (Å²) >= 11 is 6.10. The van der Waals surface area contributed by atoms with E-state index in [1.165, 1.54) is 0 Å². The van der Waals surface area contributed by atoms with E-state index < -0.39 is 0 Å². The van der Waals surface area contributed by atoms with Crippen LogP contribution in [0, 0.1) is 5.92 Å². The zero-order valence-electron chi connectivity index (χ0n) is 17.0. The normalized spacial score (nSPS) is 15.9. The molecule has 2 aromatic carbocycles. The minimum atomic E-state index is -0.340. The molecule has 1 unspecified atom stereocenters. The van der Waals surface area contributed by atoms with Crippen molar-refractivity contribution in [3.8, 4) is 0 Å². The maximum absolute atomic E-state index is 12.5. The standard InChI is InChI=1S/C23H26ClN3O3/c1-2-3-12-27-15-18(13-21(27)28)23(30)26-19-10-8-16(9-11-19)22(29)25-14-17-6-4-5-7-20(17)24/h4-11,18H,2-3,12-15H2,1H3,(H,25,29)(H,26,30). The molecule has 0 saturated carbocycles. The highest BCUT2D eigenvalue weighted by Gasteiger charge is 2.33. The Morgan fingerprint density at radius 1 is 1.13 bits per heavy atom. The number of hydrogen-bond acceptors (Lipinski definition) is 3. The number of benzene rings is 2. The third kappa shape index (κ3) is 5.60. The Morgan fingerprint density at radius 2 is 1.87 bits per heavy atom. The van der Waals surface area contributed by atoms with Gasteiger partial charge in [0.1, 0.15) is 0 Å². The lowest BCUT2D eigenvalue weighted by Gasteiger charge is -2.16. The summed E-state index contributed by atoms with van der Waals surface area (Å²) in [6.07, 6.45) is 2.21. The smallest absolute Gasteiger partial charge is 0.251 e. The second kappa shape index (κ2) is 10.3. The van der Waals surface area contributed by atoms with E-state index in [9.17, 15) is 14.4 Å². The maximum atomic E-state index is 12.5. The van der Waals surface area contributed by atoms with Gasteiger partial charge in [-0.1, -0.05) is 43.1 Å². The third-order valence-electron chi connectivity index (χ3n) is 5.18. The van der Waals surface area contributed by atoms with Crippen molar-refractivity contribution in [3.63, 3.8) is 0 Å². The summed E-state index contributed by atoms with van der Waals surface area (Å²) in [5.41, 5.74) is 1.93. The van der Waals surface area contributed by atoms with E-state index in [0.717, 1.165) is 18.4 Å². The Morgan fingerprint density at radius 3 is 2.57 bits per heavy atom. The van der Waals surface area contributed by atoms with Crippen LogP contribution in [0.15, 0.2) is 48.5 Å². The second-order valence-corrected chi connectivity index (χ2v) is 7.84. The Kier molecular flexibility index (Phi) is 7.46. The molecular weight excluding hydrogens is 402 g/mol. The SMILES string of the molecule is CCCCN1CC(C(=O)Nc2ccc(C(=O)NCc3ccccc3Cl)cc2)CC1=O. The van der Waals surface area contributed by atoms with Crippen LogP contribution < -0.4 is 10.6 Å². The molecule has 0 aromatic heterocycles. The molecule has 0 radical (unpaired) electrons. The molecule has 2 N–H and O–H groups in total. The number of likely N-dealkylation sites (tertiary alicyclic amines) is 1. The summed E-state index contributed by atoms with van der Waals surface area (Å²) in [5.74, 6) is -0.693. The van der Waals surface area contributed by atoms with Crippen LogP contribution in [-0.4, -0.2) is 35.7 Å². The van der Waals surface area contributed by atoms with Crippen LogP contribution >= 0.6 is 11.6 Å². The summed E-state index contributed by atoms with van der Waals surface area (Å²) in [6.45, 7) is 3.58. The van der Waals surface area contributed by atoms with Gasteiger partial charge in [-0.2, -0.15) is 0 Å². The lowest BCUT2D eigenvalue weighted by atomic mass is 10.1. The van der Waals surface area contributed by atoms with Gasteiger partial charge in [0.15, 0.2) is 0 Å². The van der Waals surface area contributed by atoms with Gasteiger partial charge in [0, 0.05) is 42.3 Å². The van der Waals surface area contributed by atoms with Crippen LogP contribution in [0.5, 0.6) is 0 Å². The first-order valence-electron chi connectivity index (χ1n) is 10.2. The molecule has 1 heterocycles. The zero-order chi connectivity index (χ0) is 21.5. The first-order valence-corrected chi connectivity index (χ1v) is 10.6. The van der Waals surface area contributed by atoms with Crippen LogP contribution in [0.2, 0.25) is 5.02 Å². The van der Waals surface area contributed by atoms with E-state index in [4.69, 9.17) is 11.6 Å². The second-order valence-electron chi connectivity index (χ2n) is 7.44. The van der Waals surface area contributed by atoms with Crippen LogP contribution in [0.1, 0.15) is 42.1 Å². The molecule has 6 nitrogen and oxygen atoms in total. The number of rotatable bonds is 8. The van der Waals surface area contributed by atoms with E-state index in [1.807, 2.05) is 18.2 Å². The van der Waals surface area contributed by atoms with Crippen molar-refractivity contribution in [2.75, 3.05) is 18.4 Å². The monoisotopic (exact) mass is 427 g/mol. The van der Waals surface area contributed by atoms with Gasteiger partial charge >= 0.3 is 0 Å². The lowest BCUT2D eigenvalue weighted by molar-refractivity contribution is -0.128. The first-order chi connectivity index (χ1) is 14.5. The molecule has 1 saturated heterocycles. The Labute approximate surface area is 181 Å². The van der Waals surface area contributed by atoms with E-state index in [-0.39, 0.29) is 30.1 Å². The maximum Gasteiger partial charge on any atom is 0.251 e. The van der Waals surface area contributed by atoms with Gasteiger partial charge in [-0.15, -0.1) is 0 Å². The average Bonchev–Trinajstić information content (AvgIpc) is 3.12. The van der Waals surface area contributed by atoms with E-state index in [2.05, 4.69) is 17.6 Å². The summed E-state index contributed by atoms with van der Waals surface area (Å²) < 4.78 is 0. The topological polar surface area (TPSA) is 78.5 Å². The molecule has 0 aliphatic carbocycles. The summed E-state index contributed by atoms with van der Waals surface area (Å²) in [5, 5.41) is 6.29. The van der Waals surface area contributed by atoms with Crippen molar-refractivity contribution in [3.05, 3.63) is 64.7 Å². The molecular formula is C23H26ClN3O3. The van der Waals surface area contributed by atoms with Crippen LogP contribution in [0.4, 0.5) is 5.69 Å². The average molecular weight is 428 g/mol. The van der Waals surface area contributed by atoms with Gasteiger partial charge in [0.2, 0.25) is 11.8 Å². The molecule has 3 rings (SSSR count). The number of halogens is 1. The predicted octanol–water partition coefficient (Wildman–Crippen LogP) is 3.86. The van der Waals surface area contributed by atoms with E-state index >= 15 is 0 Å². The fourth-order valence-electron chi connectivity index (χ4n) is 3.38. The molecule has 0 spiro atoms. The molecule has 3 amide bonds. The highest BCUT2D eigenvalue weighted by atomic mass is 35.5. The fraction of sp³-hybridized carbons (Fsp3) is 0.348. The summed E-state index contributed by atoms with van der Waals surface area (Å²) in [4.78, 5) is 38.7. The number of amides is 3. The molecule has 1 aliphatic heterocycles. The number of carbonyl (C=O) groups excluding carboxylic acids is 3. The highest BCUT2D eigenvalue weighted by molar-refractivity contribution is 6.31. The minimum Gasteiger partial charge on any atom is -0.348 e. The number of hydrogen-bond donors (Lipinski definition) is 2. The van der Waals surface area contributed by atoms with Crippen molar-refractivity contribution in [2.24, 2.45) is 5.92 Å². The van der Waals surface area contributed by atoms with Crippen molar-refractivity contribution in [2.45, 2.75) is 32.7 Å².